The number of furan rings is 1. The van der Waals surface area contributed by atoms with Crippen molar-refractivity contribution in [3.63, 3.8) is 0 Å². The number of esters is 1. The molecule has 1 aromatic heterocycles. The number of rotatable bonds is 6. The van der Waals surface area contributed by atoms with Crippen LogP contribution in [0.15, 0.2) is 83.5 Å². The summed E-state index contributed by atoms with van der Waals surface area (Å²) in [6, 6.07) is 21.0. The number of methoxy groups -OCH3 is 1. The molecule has 0 aliphatic heterocycles. The first-order valence-corrected chi connectivity index (χ1v) is 9.33. The second-order valence-electron chi connectivity index (χ2n) is 6.62. The minimum Gasteiger partial charge on any atom is -0.497 e. The van der Waals surface area contributed by atoms with Crippen molar-refractivity contribution in [3.8, 4) is 11.5 Å². The quantitative estimate of drug-likeness (QED) is 0.369. The van der Waals surface area contributed by atoms with Crippen LogP contribution in [-0.2, 0) is 11.2 Å². The first-order chi connectivity index (χ1) is 14.6. The van der Waals surface area contributed by atoms with Crippen LogP contribution in [0, 0.1) is 0 Å². The molecule has 30 heavy (non-hydrogen) atoms. The van der Waals surface area contributed by atoms with Crippen LogP contribution in [0.5, 0.6) is 11.5 Å². The van der Waals surface area contributed by atoms with Crippen molar-refractivity contribution in [2.75, 3.05) is 12.4 Å². The molecular formula is C24H19NO5. The SMILES string of the molecule is COc1ccc2c(CC(=O)Oc3ccc(NC(=O)c4ccccc4)cc3)coc2c1. The third kappa shape index (κ3) is 4.33. The van der Waals surface area contributed by atoms with Crippen molar-refractivity contribution < 1.29 is 23.5 Å². The molecule has 3 aromatic carbocycles. The van der Waals surface area contributed by atoms with Crippen LogP contribution >= 0.6 is 0 Å². The van der Waals surface area contributed by atoms with Crippen LogP contribution in [0.3, 0.4) is 0 Å². The molecule has 4 rings (SSSR count). The van der Waals surface area contributed by atoms with Crippen molar-refractivity contribution in [1.82, 2.24) is 0 Å². The summed E-state index contributed by atoms with van der Waals surface area (Å²) < 4.78 is 16.1. The van der Waals surface area contributed by atoms with Crippen molar-refractivity contribution in [3.05, 3.63) is 90.2 Å². The molecule has 0 fully saturated rings. The molecule has 4 aromatic rings. The molecule has 0 radical (unpaired) electrons. The average Bonchev–Trinajstić information content (AvgIpc) is 3.17. The van der Waals surface area contributed by atoms with Gasteiger partial charge in [0.1, 0.15) is 17.1 Å². The second kappa shape index (κ2) is 8.53. The Labute approximate surface area is 173 Å². The number of amides is 1. The number of carbonyl (C=O) groups is 2. The Balaban J connectivity index is 1.37. The van der Waals surface area contributed by atoms with Crippen LogP contribution in [0.4, 0.5) is 5.69 Å². The van der Waals surface area contributed by atoms with E-state index >= 15 is 0 Å². The van der Waals surface area contributed by atoms with E-state index in [1.165, 1.54) is 0 Å². The van der Waals surface area contributed by atoms with Crippen LogP contribution < -0.4 is 14.8 Å². The van der Waals surface area contributed by atoms with Gasteiger partial charge in [-0.15, -0.1) is 0 Å². The van der Waals surface area contributed by atoms with Gasteiger partial charge in [0.25, 0.3) is 5.91 Å². The molecule has 1 heterocycles. The maximum Gasteiger partial charge on any atom is 0.315 e. The fourth-order valence-electron chi connectivity index (χ4n) is 3.05. The predicted molar refractivity (Wildman–Crippen MR) is 113 cm³/mol. The van der Waals surface area contributed by atoms with Gasteiger partial charge in [0.2, 0.25) is 0 Å². The number of fused-ring (bicyclic) bond motifs is 1. The average molecular weight is 401 g/mol. The number of hydrogen-bond donors (Lipinski definition) is 1. The van der Waals surface area contributed by atoms with Gasteiger partial charge in [-0.3, -0.25) is 9.59 Å². The summed E-state index contributed by atoms with van der Waals surface area (Å²) in [6.07, 6.45) is 1.62. The van der Waals surface area contributed by atoms with Crippen LogP contribution in [0.1, 0.15) is 15.9 Å². The Bertz CT molecular complexity index is 1180. The minimum absolute atomic E-state index is 0.0752. The molecule has 150 valence electrons. The molecule has 0 unspecified atom stereocenters. The maximum atomic E-state index is 12.3. The summed E-state index contributed by atoms with van der Waals surface area (Å²) in [5.74, 6) is 0.469. The maximum absolute atomic E-state index is 12.3. The van der Waals surface area contributed by atoms with Crippen molar-refractivity contribution in [2.24, 2.45) is 0 Å². The Kier molecular flexibility index (Phi) is 5.48. The standard InChI is InChI=1S/C24H19NO5/c1-28-20-11-12-21-17(15-29-22(21)14-20)13-23(26)30-19-9-7-18(8-10-19)25-24(27)16-5-3-2-4-6-16/h2-12,14-15H,13H2,1H3,(H,25,27). The topological polar surface area (TPSA) is 77.8 Å². The van der Waals surface area contributed by atoms with Gasteiger partial charge in [-0.1, -0.05) is 18.2 Å². The predicted octanol–water partition coefficient (Wildman–Crippen LogP) is 4.84. The summed E-state index contributed by atoms with van der Waals surface area (Å²) in [7, 11) is 1.58. The molecule has 0 saturated carbocycles. The van der Waals surface area contributed by atoms with Crippen molar-refractivity contribution in [1.29, 1.82) is 0 Å². The van der Waals surface area contributed by atoms with Gasteiger partial charge < -0.3 is 19.2 Å². The molecular weight excluding hydrogens is 382 g/mol. The highest BCUT2D eigenvalue weighted by Crippen LogP contribution is 2.26. The van der Waals surface area contributed by atoms with E-state index in [-0.39, 0.29) is 12.3 Å². The zero-order valence-corrected chi connectivity index (χ0v) is 16.3. The lowest BCUT2D eigenvalue weighted by atomic mass is 10.1. The molecule has 0 aliphatic rings. The first kappa shape index (κ1) is 19.3. The third-order valence-electron chi connectivity index (χ3n) is 4.58. The molecule has 0 atom stereocenters. The number of anilines is 1. The van der Waals surface area contributed by atoms with Crippen LogP contribution in [0.25, 0.3) is 11.0 Å². The highest BCUT2D eigenvalue weighted by atomic mass is 16.5. The van der Waals surface area contributed by atoms with Crippen molar-refractivity contribution in [2.45, 2.75) is 6.42 Å². The molecule has 0 aliphatic carbocycles. The Hall–Kier alpha value is -4.06. The number of ether oxygens (including phenoxy) is 2. The molecule has 6 heteroatoms. The van der Waals surface area contributed by atoms with Gasteiger partial charge in [0, 0.05) is 28.3 Å². The minimum atomic E-state index is -0.408. The van der Waals surface area contributed by atoms with Gasteiger partial charge in [0.05, 0.1) is 19.8 Å². The van der Waals surface area contributed by atoms with E-state index in [4.69, 9.17) is 13.9 Å². The number of nitrogens with one attached hydrogen (secondary N) is 1. The molecule has 0 spiro atoms. The lowest BCUT2D eigenvalue weighted by Crippen LogP contribution is -2.12. The van der Waals surface area contributed by atoms with E-state index in [0.717, 1.165) is 10.9 Å². The lowest BCUT2D eigenvalue weighted by Gasteiger charge is -2.07. The number of hydrogen-bond acceptors (Lipinski definition) is 5. The Morgan fingerprint density at radius 2 is 1.67 bits per heavy atom. The van der Waals surface area contributed by atoms with E-state index in [1.807, 2.05) is 18.2 Å². The van der Waals surface area contributed by atoms with E-state index < -0.39 is 5.97 Å². The summed E-state index contributed by atoms with van der Waals surface area (Å²) in [4.78, 5) is 24.5. The lowest BCUT2D eigenvalue weighted by molar-refractivity contribution is -0.133. The molecule has 1 N–H and O–H groups in total. The highest BCUT2D eigenvalue weighted by molar-refractivity contribution is 6.04. The largest absolute Gasteiger partial charge is 0.497 e. The van der Waals surface area contributed by atoms with Gasteiger partial charge in [-0.2, -0.15) is 0 Å². The number of carbonyl (C=O) groups excluding carboxylic acids is 2. The Morgan fingerprint density at radius 3 is 2.40 bits per heavy atom. The summed E-state index contributed by atoms with van der Waals surface area (Å²) in [5.41, 5.74) is 2.57. The van der Waals surface area contributed by atoms with Gasteiger partial charge >= 0.3 is 5.97 Å². The summed E-state index contributed by atoms with van der Waals surface area (Å²) in [5, 5.41) is 3.64. The molecule has 1 amide bonds. The van der Waals surface area contributed by atoms with Crippen LogP contribution in [0.2, 0.25) is 0 Å². The smallest absolute Gasteiger partial charge is 0.315 e. The normalized spacial score (nSPS) is 10.6. The summed E-state index contributed by atoms with van der Waals surface area (Å²) >= 11 is 0. The fraction of sp³-hybridized carbons (Fsp3) is 0.0833. The first-order valence-electron chi connectivity index (χ1n) is 9.33. The Morgan fingerprint density at radius 1 is 0.933 bits per heavy atom. The monoisotopic (exact) mass is 401 g/mol. The van der Waals surface area contributed by atoms with Crippen molar-refractivity contribution >= 4 is 28.5 Å². The zero-order valence-electron chi connectivity index (χ0n) is 16.3. The third-order valence-corrected chi connectivity index (χ3v) is 4.58. The second-order valence-corrected chi connectivity index (χ2v) is 6.62. The van der Waals surface area contributed by atoms with E-state index in [9.17, 15) is 9.59 Å². The molecule has 0 saturated heterocycles. The number of benzene rings is 3. The highest BCUT2D eigenvalue weighted by Gasteiger charge is 2.13. The molecule has 6 nitrogen and oxygen atoms in total. The van der Waals surface area contributed by atoms with E-state index in [1.54, 1.807) is 68.0 Å². The zero-order chi connectivity index (χ0) is 20.9. The molecule has 0 bridgehead atoms. The fourth-order valence-corrected chi connectivity index (χ4v) is 3.05. The summed E-state index contributed by atoms with van der Waals surface area (Å²) in [6.45, 7) is 0. The van der Waals surface area contributed by atoms with E-state index in [0.29, 0.717) is 28.3 Å². The van der Waals surface area contributed by atoms with E-state index in [2.05, 4.69) is 5.32 Å². The van der Waals surface area contributed by atoms with Gasteiger partial charge in [-0.25, -0.2) is 0 Å². The van der Waals surface area contributed by atoms with Crippen LogP contribution in [-0.4, -0.2) is 19.0 Å². The van der Waals surface area contributed by atoms with Gasteiger partial charge in [0.15, 0.2) is 0 Å². The van der Waals surface area contributed by atoms with Gasteiger partial charge in [-0.05, 0) is 48.5 Å².